The van der Waals surface area contributed by atoms with Crippen molar-refractivity contribution in [2.24, 2.45) is 0 Å². The van der Waals surface area contributed by atoms with Crippen LogP contribution >= 0.6 is 11.6 Å². The van der Waals surface area contributed by atoms with Gasteiger partial charge in [-0.05, 0) is 38.0 Å². The van der Waals surface area contributed by atoms with Crippen LogP contribution in [0.15, 0.2) is 18.2 Å². The number of nitrogen functional groups attached to an aromatic ring is 1. The van der Waals surface area contributed by atoms with E-state index in [1.165, 1.54) is 6.07 Å². The average molecular weight is 307 g/mol. The summed E-state index contributed by atoms with van der Waals surface area (Å²) < 4.78 is 14.1. The Balaban J connectivity index is 2.14. The summed E-state index contributed by atoms with van der Waals surface area (Å²) in [5, 5.41) is 0.348. The van der Waals surface area contributed by atoms with E-state index in [2.05, 4.69) is 14.9 Å². The van der Waals surface area contributed by atoms with Crippen molar-refractivity contribution >= 4 is 23.1 Å². The molecule has 2 N–H and O–H groups in total. The van der Waals surface area contributed by atoms with Gasteiger partial charge in [0, 0.05) is 23.7 Å². The number of nitrogens with zero attached hydrogens (tertiary/aromatic N) is 3. The lowest BCUT2D eigenvalue weighted by atomic mass is 10.1. The van der Waals surface area contributed by atoms with Crippen molar-refractivity contribution < 1.29 is 4.39 Å². The van der Waals surface area contributed by atoms with E-state index in [-0.39, 0.29) is 0 Å². The topological polar surface area (TPSA) is 55.0 Å². The second-order valence-corrected chi connectivity index (χ2v) is 5.61. The summed E-state index contributed by atoms with van der Waals surface area (Å²) in [5.74, 6) is 0.847. The van der Waals surface area contributed by atoms with Gasteiger partial charge in [0.1, 0.15) is 23.0 Å². The highest BCUT2D eigenvalue weighted by Gasteiger charge is 2.21. The van der Waals surface area contributed by atoms with E-state index >= 15 is 0 Å². The number of aryl methyl sites for hydroxylation is 1. The van der Waals surface area contributed by atoms with Gasteiger partial charge in [0.25, 0.3) is 0 Å². The van der Waals surface area contributed by atoms with E-state index in [0.717, 1.165) is 25.9 Å². The van der Waals surface area contributed by atoms with Crippen LogP contribution in [0.1, 0.15) is 18.7 Å². The second kappa shape index (κ2) is 5.48. The number of rotatable bonds is 2. The van der Waals surface area contributed by atoms with Crippen molar-refractivity contribution in [1.29, 1.82) is 0 Å². The minimum absolute atomic E-state index is 0.348. The SMILES string of the molecule is Cc1nc(-c2ccc(Cl)cc2F)c(N)c(N2CCCC2)n1. The van der Waals surface area contributed by atoms with E-state index in [9.17, 15) is 4.39 Å². The Labute approximate surface area is 127 Å². The fourth-order valence-corrected chi connectivity index (χ4v) is 2.78. The fourth-order valence-electron chi connectivity index (χ4n) is 2.62. The highest BCUT2D eigenvalue weighted by Crippen LogP contribution is 2.34. The van der Waals surface area contributed by atoms with E-state index < -0.39 is 5.82 Å². The highest BCUT2D eigenvalue weighted by molar-refractivity contribution is 6.30. The Morgan fingerprint density at radius 1 is 1.24 bits per heavy atom. The lowest BCUT2D eigenvalue weighted by Gasteiger charge is -2.20. The van der Waals surface area contributed by atoms with Gasteiger partial charge in [-0.2, -0.15) is 0 Å². The van der Waals surface area contributed by atoms with Gasteiger partial charge in [-0.3, -0.25) is 0 Å². The minimum atomic E-state index is -0.431. The molecule has 3 rings (SSSR count). The first-order valence-electron chi connectivity index (χ1n) is 6.91. The Morgan fingerprint density at radius 2 is 1.95 bits per heavy atom. The molecule has 0 aliphatic carbocycles. The third-order valence-corrected chi connectivity index (χ3v) is 3.86. The van der Waals surface area contributed by atoms with Crippen molar-refractivity contribution in [3.8, 4) is 11.3 Å². The number of hydrogen-bond acceptors (Lipinski definition) is 4. The first-order chi connectivity index (χ1) is 10.1. The number of aromatic nitrogens is 2. The van der Waals surface area contributed by atoms with Crippen LogP contribution < -0.4 is 10.6 Å². The molecule has 1 aromatic heterocycles. The van der Waals surface area contributed by atoms with Gasteiger partial charge in [-0.1, -0.05) is 11.6 Å². The zero-order valence-corrected chi connectivity index (χ0v) is 12.5. The van der Waals surface area contributed by atoms with Crippen LogP contribution in [0.25, 0.3) is 11.3 Å². The van der Waals surface area contributed by atoms with E-state index in [0.29, 0.717) is 33.6 Å². The summed E-state index contributed by atoms with van der Waals surface area (Å²) in [4.78, 5) is 10.9. The van der Waals surface area contributed by atoms with Crippen LogP contribution in [-0.4, -0.2) is 23.1 Å². The zero-order chi connectivity index (χ0) is 15.0. The zero-order valence-electron chi connectivity index (χ0n) is 11.7. The molecule has 1 fully saturated rings. The first kappa shape index (κ1) is 14.1. The lowest BCUT2D eigenvalue weighted by Crippen LogP contribution is -2.21. The van der Waals surface area contributed by atoms with Crippen LogP contribution in [0, 0.1) is 12.7 Å². The van der Waals surface area contributed by atoms with Crippen LogP contribution in [0.4, 0.5) is 15.9 Å². The summed E-state index contributed by atoms with van der Waals surface area (Å²) in [6.07, 6.45) is 2.24. The van der Waals surface area contributed by atoms with Crippen molar-refractivity contribution in [3.05, 3.63) is 34.9 Å². The van der Waals surface area contributed by atoms with Crippen molar-refractivity contribution in [3.63, 3.8) is 0 Å². The summed E-state index contributed by atoms with van der Waals surface area (Å²) in [5.41, 5.74) is 7.40. The van der Waals surface area contributed by atoms with E-state index in [4.69, 9.17) is 17.3 Å². The normalized spacial score (nSPS) is 14.7. The number of halogens is 2. The van der Waals surface area contributed by atoms with Crippen molar-refractivity contribution in [1.82, 2.24) is 9.97 Å². The first-order valence-corrected chi connectivity index (χ1v) is 7.28. The smallest absolute Gasteiger partial charge is 0.156 e. The predicted octanol–water partition coefficient (Wildman–Crippen LogP) is 3.43. The maximum Gasteiger partial charge on any atom is 0.156 e. The molecule has 0 saturated carbocycles. The Hall–Kier alpha value is -1.88. The molecule has 0 radical (unpaired) electrons. The molecule has 0 spiro atoms. The standard InChI is InChI=1S/C15H16ClFN4/c1-9-19-14(11-5-4-10(16)8-12(11)17)13(18)15(20-9)21-6-2-3-7-21/h4-5,8H,2-3,6-7,18H2,1H3. The molecule has 0 amide bonds. The Bertz CT molecular complexity index is 684. The molecule has 2 aromatic rings. The quantitative estimate of drug-likeness (QED) is 0.923. The molecule has 4 nitrogen and oxygen atoms in total. The molecule has 1 aliphatic rings. The van der Waals surface area contributed by atoms with Crippen LogP contribution in [-0.2, 0) is 0 Å². The van der Waals surface area contributed by atoms with Crippen molar-refractivity contribution in [2.75, 3.05) is 23.7 Å². The van der Waals surface area contributed by atoms with Crippen LogP contribution in [0.5, 0.6) is 0 Å². The molecule has 2 heterocycles. The van der Waals surface area contributed by atoms with Crippen molar-refractivity contribution in [2.45, 2.75) is 19.8 Å². The van der Waals surface area contributed by atoms with Gasteiger partial charge in [-0.15, -0.1) is 0 Å². The van der Waals surface area contributed by atoms with E-state index in [1.54, 1.807) is 19.1 Å². The molecular weight excluding hydrogens is 291 g/mol. The lowest BCUT2D eigenvalue weighted by molar-refractivity contribution is 0.630. The third-order valence-electron chi connectivity index (χ3n) is 3.63. The maximum atomic E-state index is 14.1. The van der Waals surface area contributed by atoms with Crippen LogP contribution in [0.3, 0.4) is 0 Å². The summed E-state index contributed by atoms with van der Waals surface area (Å²) in [6.45, 7) is 3.63. The van der Waals surface area contributed by atoms with Gasteiger partial charge >= 0.3 is 0 Å². The highest BCUT2D eigenvalue weighted by atomic mass is 35.5. The number of benzene rings is 1. The molecule has 1 saturated heterocycles. The number of nitrogens with two attached hydrogens (primary N) is 1. The largest absolute Gasteiger partial charge is 0.394 e. The molecule has 0 bridgehead atoms. The fraction of sp³-hybridized carbons (Fsp3) is 0.333. The molecular formula is C15H16ClFN4. The average Bonchev–Trinajstić information content (AvgIpc) is 2.95. The van der Waals surface area contributed by atoms with Crippen LogP contribution in [0.2, 0.25) is 5.02 Å². The number of hydrogen-bond donors (Lipinski definition) is 1. The molecule has 110 valence electrons. The van der Waals surface area contributed by atoms with Gasteiger partial charge in [0.15, 0.2) is 5.82 Å². The number of anilines is 2. The second-order valence-electron chi connectivity index (χ2n) is 5.18. The third kappa shape index (κ3) is 2.65. The molecule has 0 unspecified atom stereocenters. The molecule has 6 heteroatoms. The van der Waals surface area contributed by atoms with Gasteiger partial charge < -0.3 is 10.6 Å². The van der Waals surface area contributed by atoms with Gasteiger partial charge in [-0.25, -0.2) is 14.4 Å². The predicted molar refractivity (Wildman–Crippen MR) is 83.0 cm³/mol. The Morgan fingerprint density at radius 3 is 2.62 bits per heavy atom. The van der Waals surface area contributed by atoms with Gasteiger partial charge in [0.2, 0.25) is 0 Å². The maximum absolute atomic E-state index is 14.1. The molecule has 1 aliphatic heterocycles. The molecule has 0 atom stereocenters. The molecule has 21 heavy (non-hydrogen) atoms. The minimum Gasteiger partial charge on any atom is -0.394 e. The summed E-state index contributed by atoms with van der Waals surface area (Å²) >= 11 is 5.80. The summed E-state index contributed by atoms with van der Waals surface area (Å²) in [6, 6.07) is 4.50. The monoisotopic (exact) mass is 306 g/mol. The Kier molecular flexibility index (Phi) is 3.68. The van der Waals surface area contributed by atoms with Gasteiger partial charge in [0.05, 0.1) is 0 Å². The molecule has 1 aromatic carbocycles. The summed E-state index contributed by atoms with van der Waals surface area (Å²) in [7, 11) is 0. The van der Waals surface area contributed by atoms with E-state index in [1.807, 2.05) is 0 Å².